The van der Waals surface area contributed by atoms with Gasteiger partial charge in [0.1, 0.15) is 11.4 Å². The zero-order valence-corrected chi connectivity index (χ0v) is 15.8. The first-order chi connectivity index (χ1) is 11.7. The fourth-order valence-corrected chi connectivity index (χ4v) is 3.45. The third-order valence-corrected chi connectivity index (χ3v) is 4.85. The Morgan fingerprint density at radius 1 is 1.46 bits per heavy atom. The lowest BCUT2D eigenvalue weighted by Crippen LogP contribution is -2.46. The van der Waals surface area contributed by atoms with Crippen molar-refractivity contribution in [2.45, 2.75) is 57.9 Å². The SMILES string of the molecule is CC(=O)Nc1cc2c(cc1N1CCCC1[N+](=O)[O-])OC(C)(C)C(O)C2.Cl. The molecule has 1 aromatic rings. The number of nitrogens with one attached hydrogen (secondary N) is 1. The first-order valence-electron chi connectivity index (χ1n) is 8.41. The highest BCUT2D eigenvalue weighted by molar-refractivity contribution is 5.93. The maximum atomic E-state index is 11.6. The number of nitro groups is 1. The van der Waals surface area contributed by atoms with Crippen molar-refractivity contribution < 1.29 is 19.6 Å². The number of amides is 1. The maximum absolute atomic E-state index is 11.6. The molecule has 1 amide bonds. The Morgan fingerprint density at radius 2 is 2.15 bits per heavy atom. The largest absolute Gasteiger partial charge is 0.485 e. The van der Waals surface area contributed by atoms with Gasteiger partial charge in [-0.3, -0.25) is 14.9 Å². The Bertz CT molecular complexity index is 725. The molecule has 2 N–H and O–H groups in total. The standard InChI is InChI=1S/C17H23N3O5.ClH/c1-10(21)18-12-7-11-8-15(22)17(2,3)25-14(11)9-13(12)19-6-4-5-16(19)20(23)24;/h7,9,15-16,22H,4-6,8H2,1-3H3,(H,18,21);1H. The van der Waals surface area contributed by atoms with Crippen LogP contribution in [0.2, 0.25) is 0 Å². The molecule has 3 rings (SSSR count). The number of hydrogen-bond acceptors (Lipinski definition) is 6. The Labute approximate surface area is 158 Å². The van der Waals surface area contributed by atoms with Crippen molar-refractivity contribution in [3.8, 4) is 5.75 Å². The summed E-state index contributed by atoms with van der Waals surface area (Å²) in [6.07, 6.45) is 0.0950. The van der Waals surface area contributed by atoms with Crippen LogP contribution in [-0.2, 0) is 11.2 Å². The van der Waals surface area contributed by atoms with E-state index >= 15 is 0 Å². The van der Waals surface area contributed by atoms with E-state index in [0.717, 1.165) is 5.56 Å². The topological polar surface area (TPSA) is 105 Å². The average Bonchev–Trinajstić information content (AvgIpc) is 2.97. The van der Waals surface area contributed by atoms with E-state index in [9.17, 15) is 20.0 Å². The van der Waals surface area contributed by atoms with Gasteiger partial charge in [0, 0.05) is 37.3 Å². The summed E-state index contributed by atoms with van der Waals surface area (Å²) in [7, 11) is 0. The molecule has 1 saturated heterocycles. The van der Waals surface area contributed by atoms with Crippen LogP contribution in [0.4, 0.5) is 11.4 Å². The highest BCUT2D eigenvalue weighted by atomic mass is 35.5. The van der Waals surface area contributed by atoms with E-state index in [4.69, 9.17) is 4.74 Å². The number of carbonyl (C=O) groups is 1. The number of anilines is 2. The maximum Gasteiger partial charge on any atom is 0.287 e. The molecule has 0 aliphatic carbocycles. The zero-order valence-electron chi connectivity index (χ0n) is 15.0. The van der Waals surface area contributed by atoms with Gasteiger partial charge in [0.05, 0.1) is 17.5 Å². The fraction of sp³-hybridized carbons (Fsp3) is 0.588. The normalized spacial score (nSPS) is 23.5. The van der Waals surface area contributed by atoms with Crippen molar-refractivity contribution in [1.29, 1.82) is 0 Å². The number of aliphatic hydroxyl groups excluding tert-OH is 1. The minimum absolute atomic E-state index is 0. The number of rotatable bonds is 3. The van der Waals surface area contributed by atoms with Crippen LogP contribution in [0.5, 0.6) is 5.75 Å². The molecule has 8 nitrogen and oxygen atoms in total. The van der Waals surface area contributed by atoms with Crippen LogP contribution in [0, 0.1) is 10.1 Å². The molecule has 2 heterocycles. The van der Waals surface area contributed by atoms with Gasteiger partial charge in [-0.15, -0.1) is 12.4 Å². The number of carbonyl (C=O) groups excluding carboxylic acids is 1. The minimum Gasteiger partial charge on any atom is -0.485 e. The van der Waals surface area contributed by atoms with Crippen LogP contribution in [0.1, 0.15) is 39.2 Å². The average molecular weight is 386 g/mol. The predicted molar refractivity (Wildman–Crippen MR) is 99.8 cm³/mol. The molecule has 0 saturated carbocycles. The van der Waals surface area contributed by atoms with Crippen molar-refractivity contribution in [3.05, 3.63) is 27.8 Å². The summed E-state index contributed by atoms with van der Waals surface area (Å²) in [4.78, 5) is 24.4. The molecule has 9 heteroatoms. The lowest BCUT2D eigenvalue weighted by Gasteiger charge is -2.38. The molecule has 0 bridgehead atoms. The molecule has 2 aliphatic rings. The lowest BCUT2D eigenvalue weighted by atomic mass is 9.90. The molecule has 2 atom stereocenters. The van der Waals surface area contributed by atoms with Gasteiger partial charge in [0.25, 0.3) is 6.17 Å². The number of aliphatic hydroxyl groups is 1. The van der Waals surface area contributed by atoms with E-state index in [2.05, 4.69) is 5.32 Å². The Kier molecular flexibility index (Phi) is 5.67. The van der Waals surface area contributed by atoms with Crippen molar-refractivity contribution in [2.24, 2.45) is 0 Å². The third-order valence-electron chi connectivity index (χ3n) is 4.85. The molecule has 2 unspecified atom stereocenters. The van der Waals surface area contributed by atoms with Crippen LogP contribution in [0.3, 0.4) is 0 Å². The number of nitrogens with zero attached hydrogens (tertiary/aromatic N) is 2. The first-order valence-corrected chi connectivity index (χ1v) is 8.41. The van der Waals surface area contributed by atoms with E-state index in [1.54, 1.807) is 30.9 Å². The van der Waals surface area contributed by atoms with Gasteiger partial charge in [-0.1, -0.05) is 0 Å². The second-order valence-electron chi connectivity index (χ2n) is 7.19. The van der Waals surface area contributed by atoms with Gasteiger partial charge in [-0.25, -0.2) is 0 Å². The highest BCUT2D eigenvalue weighted by Crippen LogP contribution is 2.42. The van der Waals surface area contributed by atoms with Crippen LogP contribution in [0.25, 0.3) is 0 Å². The summed E-state index contributed by atoms with van der Waals surface area (Å²) in [6, 6.07) is 3.50. The molecule has 26 heavy (non-hydrogen) atoms. The van der Waals surface area contributed by atoms with Gasteiger partial charge in [-0.2, -0.15) is 0 Å². The van der Waals surface area contributed by atoms with Crippen molar-refractivity contribution >= 4 is 29.7 Å². The summed E-state index contributed by atoms with van der Waals surface area (Å²) in [6.45, 7) is 5.55. The molecule has 144 valence electrons. The summed E-state index contributed by atoms with van der Waals surface area (Å²) < 4.78 is 5.93. The minimum atomic E-state index is -0.812. The number of benzene rings is 1. The summed E-state index contributed by atoms with van der Waals surface area (Å²) in [5.41, 5.74) is 1.12. The van der Waals surface area contributed by atoms with Gasteiger partial charge >= 0.3 is 0 Å². The Hall–Kier alpha value is -2.06. The first kappa shape index (κ1) is 20.3. The van der Waals surface area contributed by atoms with Gasteiger partial charge in [0.15, 0.2) is 0 Å². The van der Waals surface area contributed by atoms with E-state index in [0.29, 0.717) is 42.9 Å². The molecular formula is C17H24ClN3O5. The van der Waals surface area contributed by atoms with Gasteiger partial charge in [0.2, 0.25) is 5.91 Å². The van der Waals surface area contributed by atoms with Crippen molar-refractivity contribution in [3.63, 3.8) is 0 Å². The van der Waals surface area contributed by atoms with E-state index < -0.39 is 17.9 Å². The molecule has 2 aliphatic heterocycles. The molecule has 0 radical (unpaired) electrons. The Balaban J connectivity index is 0.00000243. The van der Waals surface area contributed by atoms with Gasteiger partial charge in [-0.05, 0) is 31.9 Å². The lowest BCUT2D eigenvalue weighted by molar-refractivity contribution is -0.519. The number of fused-ring (bicyclic) bond motifs is 1. The van der Waals surface area contributed by atoms with Crippen LogP contribution in [-0.4, -0.2) is 40.4 Å². The van der Waals surface area contributed by atoms with Crippen LogP contribution < -0.4 is 15.0 Å². The molecular weight excluding hydrogens is 362 g/mol. The molecule has 0 aromatic heterocycles. The molecule has 1 fully saturated rings. The quantitative estimate of drug-likeness (QED) is 0.611. The van der Waals surface area contributed by atoms with Crippen molar-refractivity contribution in [2.75, 3.05) is 16.8 Å². The summed E-state index contributed by atoms with van der Waals surface area (Å²) >= 11 is 0. The number of halogens is 1. The second kappa shape index (κ2) is 7.28. The highest BCUT2D eigenvalue weighted by Gasteiger charge is 2.39. The van der Waals surface area contributed by atoms with Crippen LogP contribution in [0.15, 0.2) is 12.1 Å². The molecule has 0 spiro atoms. The van der Waals surface area contributed by atoms with Crippen LogP contribution >= 0.6 is 12.4 Å². The van der Waals surface area contributed by atoms with Gasteiger partial charge < -0.3 is 20.1 Å². The van der Waals surface area contributed by atoms with E-state index in [-0.39, 0.29) is 23.2 Å². The predicted octanol–water partition coefficient (Wildman–Crippen LogP) is 2.34. The van der Waals surface area contributed by atoms with E-state index in [1.807, 2.05) is 0 Å². The Morgan fingerprint density at radius 3 is 2.77 bits per heavy atom. The van der Waals surface area contributed by atoms with Crippen molar-refractivity contribution in [1.82, 2.24) is 0 Å². The summed E-state index contributed by atoms with van der Waals surface area (Å²) in [5.74, 6) is 0.337. The van der Waals surface area contributed by atoms with E-state index in [1.165, 1.54) is 6.92 Å². The smallest absolute Gasteiger partial charge is 0.287 e. The third kappa shape index (κ3) is 3.71. The fourth-order valence-electron chi connectivity index (χ4n) is 3.45. The zero-order chi connectivity index (χ0) is 18.4. The number of hydrogen-bond donors (Lipinski definition) is 2. The second-order valence-corrected chi connectivity index (χ2v) is 7.19. The number of ether oxygens (including phenoxy) is 1. The summed E-state index contributed by atoms with van der Waals surface area (Å²) in [5, 5.41) is 24.4. The molecule has 1 aromatic carbocycles. The monoisotopic (exact) mass is 385 g/mol.